The fourth-order valence-corrected chi connectivity index (χ4v) is 1.49. The van der Waals surface area contributed by atoms with Gasteiger partial charge in [-0.05, 0) is 18.6 Å². The standard InChI is InChI=1S/C12H15N3O2/c1-2-5-12(16)15-14-11-8-17-10-7-4-3-6-9(10)13-11/h3-4,6-7H,2,5,8H2,1H3,(H,13,14)(H,15,16). The number of aliphatic imine (C=N–C) groups is 1. The number of rotatable bonds is 2. The summed E-state index contributed by atoms with van der Waals surface area (Å²) in [5.74, 6) is 1.32. The molecule has 1 amide bonds. The maximum absolute atomic E-state index is 11.3. The molecule has 2 N–H and O–H groups in total. The van der Waals surface area contributed by atoms with Gasteiger partial charge in [0.2, 0.25) is 5.91 Å². The first-order valence-corrected chi connectivity index (χ1v) is 5.64. The van der Waals surface area contributed by atoms with Crippen LogP contribution in [0.2, 0.25) is 0 Å². The predicted octanol–water partition coefficient (Wildman–Crippen LogP) is 1.53. The van der Waals surface area contributed by atoms with Gasteiger partial charge in [0.1, 0.15) is 18.0 Å². The Kier molecular flexibility index (Phi) is 3.59. The number of fused-ring (bicyclic) bond motifs is 1. The van der Waals surface area contributed by atoms with E-state index >= 15 is 0 Å². The normalized spacial score (nSPS) is 13.1. The van der Waals surface area contributed by atoms with Crippen molar-refractivity contribution in [3.8, 4) is 5.75 Å². The molecule has 0 atom stereocenters. The molecule has 90 valence electrons. The summed E-state index contributed by atoms with van der Waals surface area (Å²) in [6.07, 6.45) is 1.32. The van der Waals surface area contributed by atoms with Crippen LogP contribution in [0.15, 0.2) is 29.3 Å². The first kappa shape index (κ1) is 11.4. The zero-order valence-corrected chi connectivity index (χ0v) is 9.69. The van der Waals surface area contributed by atoms with Crippen molar-refractivity contribution >= 4 is 17.4 Å². The number of nitrogens with one attached hydrogen (secondary N) is 2. The molecule has 0 saturated carbocycles. The summed E-state index contributed by atoms with van der Waals surface area (Å²) in [4.78, 5) is 15.6. The van der Waals surface area contributed by atoms with Crippen LogP contribution in [0, 0.1) is 0 Å². The molecule has 1 aromatic rings. The molecular weight excluding hydrogens is 218 g/mol. The number of hydrazine groups is 1. The van der Waals surface area contributed by atoms with Gasteiger partial charge in [0.05, 0.1) is 0 Å². The lowest BCUT2D eigenvalue weighted by Gasteiger charge is -2.17. The number of para-hydroxylation sites is 2. The van der Waals surface area contributed by atoms with Gasteiger partial charge in [-0.3, -0.25) is 15.6 Å². The molecular formula is C12H15N3O2. The average molecular weight is 233 g/mol. The topological polar surface area (TPSA) is 62.7 Å². The molecule has 0 fully saturated rings. The minimum Gasteiger partial charge on any atom is -0.483 e. The van der Waals surface area contributed by atoms with Gasteiger partial charge in [-0.1, -0.05) is 19.1 Å². The van der Waals surface area contributed by atoms with E-state index in [-0.39, 0.29) is 5.91 Å². The molecule has 1 aliphatic rings. The molecule has 0 saturated heterocycles. The first-order valence-electron chi connectivity index (χ1n) is 5.64. The van der Waals surface area contributed by atoms with E-state index in [1.807, 2.05) is 31.2 Å². The summed E-state index contributed by atoms with van der Waals surface area (Å²) >= 11 is 0. The molecule has 0 spiro atoms. The summed E-state index contributed by atoms with van der Waals surface area (Å²) < 4.78 is 5.48. The van der Waals surface area contributed by atoms with E-state index in [2.05, 4.69) is 15.8 Å². The van der Waals surface area contributed by atoms with Gasteiger partial charge in [0.15, 0.2) is 5.84 Å². The lowest BCUT2D eigenvalue weighted by atomic mass is 10.3. The SMILES string of the molecule is CCCC(=O)NNC1=Nc2ccccc2OC1. The average Bonchev–Trinajstić information content (AvgIpc) is 2.36. The van der Waals surface area contributed by atoms with Gasteiger partial charge in [0, 0.05) is 6.42 Å². The van der Waals surface area contributed by atoms with E-state index in [0.29, 0.717) is 18.9 Å². The molecule has 0 aliphatic carbocycles. The van der Waals surface area contributed by atoms with Gasteiger partial charge in [-0.2, -0.15) is 0 Å². The number of carbonyl (C=O) groups is 1. The second kappa shape index (κ2) is 5.34. The Morgan fingerprint density at radius 2 is 2.29 bits per heavy atom. The molecule has 5 nitrogen and oxygen atoms in total. The maximum atomic E-state index is 11.3. The van der Waals surface area contributed by atoms with Gasteiger partial charge in [-0.25, -0.2) is 4.99 Å². The van der Waals surface area contributed by atoms with E-state index in [0.717, 1.165) is 17.9 Å². The lowest BCUT2D eigenvalue weighted by molar-refractivity contribution is -0.121. The van der Waals surface area contributed by atoms with E-state index in [1.165, 1.54) is 0 Å². The highest BCUT2D eigenvalue weighted by atomic mass is 16.5. The fourth-order valence-electron chi connectivity index (χ4n) is 1.49. The number of hydrogen-bond acceptors (Lipinski definition) is 4. The summed E-state index contributed by atoms with van der Waals surface area (Å²) in [5.41, 5.74) is 6.13. The van der Waals surface area contributed by atoms with Crippen molar-refractivity contribution in [2.45, 2.75) is 19.8 Å². The molecule has 0 radical (unpaired) electrons. The zero-order chi connectivity index (χ0) is 12.1. The number of amidine groups is 1. The summed E-state index contributed by atoms with van der Waals surface area (Å²) in [7, 11) is 0. The highest BCUT2D eigenvalue weighted by molar-refractivity contribution is 5.90. The Hall–Kier alpha value is -2.04. The van der Waals surface area contributed by atoms with Gasteiger partial charge in [0.25, 0.3) is 0 Å². The van der Waals surface area contributed by atoms with E-state index in [4.69, 9.17) is 4.74 Å². The Balaban J connectivity index is 1.96. The summed E-state index contributed by atoms with van der Waals surface area (Å²) in [5, 5.41) is 0. The fraction of sp³-hybridized carbons (Fsp3) is 0.333. The number of carbonyl (C=O) groups excluding carboxylic acids is 1. The Morgan fingerprint density at radius 3 is 3.12 bits per heavy atom. The van der Waals surface area contributed by atoms with Crippen LogP contribution < -0.4 is 15.6 Å². The third-order valence-corrected chi connectivity index (χ3v) is 2.31. The molecule has 1 aromatic carbocycles. The van der Waals surface area contributed by atoms with Crippen molar-refractivity contribution in [3.63, 3.8) is 0 Å². The molecule has 1 heterocycles. The second-order valence-electron chi connectivity index (χ2n) is 3.74. The van der Waals surface area contributed by atoms with E-state index in [9.17, 15) is 4.79 Å². The second-order valence-corrected chi connectivity index (χ2v) is 3.74. The van der Waals surface area contributed by atoms with Crippen molar-refractivity contribution in [2.75, 3.05) is 6.61 Å². The van der Waals surface area contributed by atoms with Crippen molar-refractivity contribution in [1.82, 2.24) is 10.9 Å². The quantitative estimate of drug-likeness (QED) is 0.761. The maximum Gasteiger partial charge on any atom is 0.238 e. The smallest absolute Gasteiger partial charge is 0.238 e. The number of benzene rings is 1. The van der Waals surface area contributed by atoms with Crippen LogP contribution in [0.25, 0.3) is 0 Å². The Morgan fingerprint density at radius 1 is 1.47 bits per heavy atom. The number of nitrogens with zero attached hydrogens (tertiary/aromatic N) is 1. The summed E-state index contributed by atoms with van der Waals surface area (Å²) in [6.45, 7) is 2.29. The molecule has 0 unspecified atom stereocenters. The van der Waals surface area contributed by atoms with Gasteiger partial charge in [-0.15, -0.1) is 0 Å². The highest BCUT2D eigenvalue weighted by Gasteiger charge is 2.12. The first-order chi connectivity index (χ1) is 8.29. The van der Waals surface area contributed by atoms with Crippen LogP contribution in [0.3, 0.4) is 0 Å². The minimum absolute atomic E-state index is 0.0472. The van der Waals surface area contributed by atoms with Crippen molar-refractivity contribution in [1.29, 1.82) is 0 Å². The Bertz CT molecular complexity index is 443. The van der Waals surface area contributed by atoms with Gasteiger partial charge < -0.3 is 4.74 Å². The predicted molar refractivity (Wildman–Crippen MR) is 65.2 cm³/mol. The number of ether oxygens (including phenoxy) is 1. The number of amides is 1. The van der Waals surface area contributed by atoms with Crippen LogP contribution in [0.5, 0.6) is 5.75 Å². The zero-order valence-electron chi connectivity index (χ0n) is 9.69. The minimum atomic E-state index is -0.0472. The molecule has 2 rings (SSSR count). The molecule has 1 aliphatic heterocycles. The molecule has 17 heavy (non-hydrogen) atoms. The highest BCUT2D eigenvalue weighted by Crippen LogP contribution is 2.29. The van der Waals surface area contributed by atoms with Crippen LogP contribution in [0.4, 0.5) is 5.69 Å². The molecule has 0 aromatic heterocycles. The third-order valence-electron chi connectivity index (χ3n) is 2.31. The van der Waals surface area contributed by atoms with Crippen molar-refractivity contribution < 1.29 is 9.53 Å². The monoisotopic (exact) mass is 233 g/mol. The van der Waals surface area contributed by atoms with Gasteiger partial charge >= 0.3 is 0 Å². The van der Waals surface area contributed by atoms with Crippen molar-refractivity contribution in [2.24, 2.45) is 4.99 Å². The summed E-state index contributed by atoms with van der Waals surface area (Å²) in [6, 6.07) is 7.52. The molecule has 0 bridgehead atoms. The van der Waals surface area contributed by atoms with Crippen molar-refractivity contribution in [3.05, 3.63) is 24.3 Å². The van der Waals surface area contributed by atoms with E-state index < -0.39 is 0 Å². The van der Waals surface area contributed by atoms with Crippen LogP contribution >= 0.6 is 0 Å². The van der Waals surface area contributed by atoms with Crippen LogP contribution in [0.1, 0.15) is 19.8 Å². The van der Waals surface area contributed by atoms with Crippen LogP contribution in [-0.4, -0.2) is 18.3 Å². The van der Waals surface area contributed by atoms with Crippen LogP contribution in [-0.2, 0) is 4.79 Å². The number of hydrogen-bond donors (Lipinski definition) is 2. The lowest BCUT2D eigenvalue weighted by Crippen LogP contribution is -2.44. The third kappa shape index (κ3) is 2.96. The largest absolute Gasteiger partial charge is 0.483 e. The molecule has 5 heteroatoms. The Labute approximate surface area is 99.9 Å². The van der Waals surface area contributed by atoms with E-state index in [1.54, 1.807) is 0 Å².